The summed E-state index contributed by atoms with van der Waals surface area (Å²) < 4.78 is 14.0. The van der Waals surface area contributed by atoms with Crippen molar-refractivity contribution in [2.75, 3.05) is 11.9 Å². The van der Waals surface area contributed by atoms with Gasteiger partial charge in [-0.1, -0.05) is 25.5 Å². The van der Waals surface area contributed by atoms with Crippen LogP contribution in [0.4, 0.5) is 10.1 Å². The van der Waals surface area contributed by atoms with Crippen LogP contribution >= 0.6 is 0 Å². The summed E-state index contributed by atoms with van der Waals surface area (Å²) in [7, 11) is 1.94. The minimum absolute atomic E-state index is 0.156. The lowest BCUT2D eigenvalue weighted by Crippen LogP contribution is -2.31. The van der Waals surface area contributed by atoms with Crippen molar-refractivity contribution in [2.24, 2.45) is 5.73 Å². The van der Waals surface area contributed by atoms with Crippen molar-refractivity contribution in [3.8, 4) is 0 Å². The van der Waals surface area contributed by atoms with Gasteiger partial charge in [0.05, 0.1) is 5.69 Å². The van der Waals surface area contributed by atoms with Gasteiger partial charge >= 0.3 is 0 Å². The van der Waals surface area contributed by atoms with E-state index < -0.39 is 0 Å². The molecule has 0 aliphatic heterocycles. The number of halogens is 1. The molecule has 0 bridgehead atoms. The van der Waals surface area contributed by atoms with Gasteiger partial charge in [0.2, 0.25) is 0 Å². The molecule has 0 saturated carbocycles. The second kappa shape index (κ2) is 6.01. The number of anilines is 1. The molecule has 1 aromatic carbocycles. The summed E-state index contributed by atoms with van der Waals surface area (Å²) in [4.78, 5) is 2.00. The molecule has 0 heterocycles. The molecule has 0 spiro atoms. The van der Waals surface area contributed by atoms with E-state index in [9.17, 15) is 4.39 Å². The van der Waals surface area contributed by atoms with Crippen molar-refractivity contribution in [1.29, 1.82) is 0 Å². The summed E-state index contributed by atoms with van der Waals surface area (Å²) in [5.74, 6) is -0.190. The molecule has 96 valence electrons. The second-order valence-electron chi connectivity index (χ2n) is 4.71. The first-order chi connectivity index (χ1) is 7.99. The highest BCUT2D eigenvalue weighted by molar-refractivity contribution is 5.56. The first-order valence-electron chi connectivity index (χ1n) is 6.25. The van der Waals surface area contributed by atoms with Gasteiger partial charge in [-0.3, -0.25) is 0 Å². The topological polar surface area (TPSA) is 29.3 Å². The molecule has 0 radical (unpaired) electrons. The van der Waals surface area contributed by atoms with E-state index in [1.54, 1.807) is 6.07 Å². The van der Waals surface area contributed by atoms with E-state index in [4.69, 9.17) is 5.73 Å². The number of hydrogen-bond donors (Lipinski definition) is 1. The number of nitrogens with two attached hydrogens (primary N) is 1. The maximum absolute atomic E-state index is 14.0. The fourth-order valence-corrected chi connectivity index (χ4v) is 2.10. The van der Waals surface area contributed by atoms with Gasteiger partial charge in [0, 0.05) is 19.1 Å². The molecule has 0 aliphatic carbocycles. The minimum atomic E-state index is -0.190. The van der Waals surface area contributed by atoms with Gasteiger partial charge in [-0.25, -0.2) is 4.39 Å². The van der Waals surface area contributed by atoms with E-state index in [-0.39, 0.29) is 11.9 Å². The zero-order valence-electron chi connectivity index (χ0n) is 11.2. The molecule has 1 aromatic rings. The van der Waals surface area contributed by atoms with Crippen molar-refractivity contribution in [1.82, 2.24) is 0 Å². The third-order valence-electron chi connectivity index (χ3n) is 3.23. The highest BCUT2D eigenvalue weighted by atomic mass is 19.1. The normalized spacial score (nSPS) is 14.5. The largest absolute Gasteiger partial charge is 0.369 e. The Labute approximate surface area is 104 Å². The van der Waals surface area contributed by atoms with Crippen LogP contribution in [0, 0.1) is 5.82 Å². The molecule has 2 nitrogen and oxygen atoms in total. The minimum Gasteiger partial charge on any atom is -0.369 e. The van der Waals surface area contributed by atoms with Gasteiger partial charge < -0.3 is 10.6 Å². The fraction of sp³-hybridized carbons (Fsp3) is 0.571. The van der Waals surface area contributed by atoms with Crippen molar-refractivity contribution >= 4 is 5.69 Å². The number of nitrogens with zero attached hydrogens (tertiary/aromatic N) is 1. The molecule has 2 N–H and O–H groups in total. The second-order valence-corrected chi connectivity index (χ2v) is 4.71. The third-order valence-corrected chi connectivity index (χ3v) is 3.23. The van der Waals surface area contributed by atoms with E-state index in [1.165, 1.54) is 6.07 Å². The molecule has 0 fully saturated rings. The van der Waals surface area contributed by atoms with Crippen LogP contribution < -0.4 is 10.6 Å². The summed E-state index contributed by atoms with van der Waals surface area (Å²) in [5.41, 5.74) is 7.41. The van der Waals surface area contributed by atoms with Crippen molar-refractivity contribution in [3.63, 3.8) is 0 Å². The van der Waals surface area contributed by atoms with Gasteiger partial charge in [0.1, 0.15) is 5.82 Å². The Morgan fingerprint density at radius 1 is 1.35 bits per heavy atom. The summed E-state index contributed by atoms with van der Waals surface area (Å²) in [5, 5.41) is 0. The Kier molecular flexibility index (Phi) is 4.94. The van der Waals surface area contributed by atoms with E-state index in [0.29, 0.717) is 11.7 Å². The van der Waals surface area contributed by atoms with Crippen LogP contribution in [0.15, 0.2) is 18.2 Å². The lowest BCUT2D eigenvalue weighted by atomic mass is 10.0. The molecular weight excluding hydrogens is 215 g/mol. The van der Waals surface area contributed by atoms with Crippen LogP contribution in [-0.2, 0) is 0 Å². The third kappa shape index (κ3) is 3.19. The summed E-state index contributed by atoms with van der Waals surface area (Å²) >= 11 is 0. The molecule has 3 heteroatoms. The van der Waals surface area contributed by atoms with E-state index >= 15 is 0 Å². The lowest BCUT2D eigenvalue weighted by Gasteiger charge is -2.30. The highest BCUT2D eigenvalue weighted by Gasteiger charge is 2.18. The molecule has 0 aromatic heterocycles. The van der Waals surface area contributed by atoms with E-state index in [0.717, 1.165) is 18.4 Å². The smallest absolute Gasteiger partial charge is 0.146 e. The molecule has 0 amide bonds. The number of hydrogen-bond acceptors (Lipinski definition) is 2. The number of benzene rings is 1. The average molecular weight is 238 g/mol. The van der Waals surface area contributed by atoms with Gasteiger partial charge in [-0.05, 0) is 31.9 Å². The number of para-hydroxylation sites is 1. The van der Waals surface area contributed by atoms with Gasteiger partial charge in [-0.2, -0.15) is 0 Å². The zero-order valence-corrected chi connectivity index (χ0v) is 11.2. The quantitative estimate of drug-likeness (QED) is 0.851. The lowest BCUT2D eigenvalue weighted by molar-refractivity contribution is 0.576. The molecule has 0 aliphatic rings. The first-order valence-corrected chi connectivity index (χ1v) is 6.25. The molecule has 1 rings (SSSR count). The van der Waals surface area contributed by atoms with Crippen molar-refractivity contribution in [3.05, 3.63) is 29.6 Å². The molecular formula is C14H23FN2. The van der Waals surface area contributed by atoms with E-state index in [2.05, 4.69) is 13.8 Å². The van der Waals surface area contributed by atoms with Gasteiger partial charge in [0.15, 0.2) is 0 Å². The van der Waals surface area contributed by atoms with Gasteiger partial charge in [-0.15, -0.1) is 0 Å². The summed E-state index contributed by atoms with van der Waals surface area (Å²) in [6.45, 7) is 6.13. The summed E-state index contributed by atoms with van der Waals surface area (Å²) in [6, 6.07) is 5.27. The van der Waals surface area contributed by atoms with Crippen molar-refractivity contribution < 1.29 is 4.39 Å². The number of rotatable bonds is 5. The van der Waals surface area contributed by atoms with Crippen LogP contribution in [0.25, 0.3) is 0 Å². The molecule has 17 heavy (non-hydrogen) atoms. The zero-order chi connectivity index (χ0) is 13.0. The van der Waals surface area contributed by atoms with Crippen LogP contribution in [-0.4, -0.2) is 13.1 Å². The van der Waals surface area contributed by atoms with Crippen LogP contribution in [0.1, 0.15) is 45.2 Å². The Hall–Kier alpha value is -1.09. The van der Waals surface area contributed by atoms with Crippen LogP contribution in [0.5, 0.6) is 0 Å². The predicted molar refractivity (Wildman–Crippen MR) is 71.8 cm³/mol. The van der Waals surface area contributed by atoms with Gasteiger partial charge in [0.25, 0.3) is 0 Å². The standard InChI is InChI=1S/C14H23FN2/c1-5-7-10(2)17(4)14-12(11(3)16)8-6-9-13(14)15/h6,8-11H,5,7,16H2,1-4H3. The monoisotopic (exact) mass is 238 g/mol. The molecule has 0 saturated heterocycles. The van der Waals surface area contributed by atoms with Crippen molar-refractivity contribution in [2.45, 2.75) is 45.7 Å². The Morgan fingerprint density at radius 3 is 2.53 bits per heavy atom. The summed E-state index contributed by atoms with van der Waals surface area (Å²) in [6.07, 6.45) is 2.14. The Balaban J connectivity index is 3.10. The fourth-order valence-electron chi connectivity index (χ4n) is 2.10. The highest BCUT2D eigenvalue weighted by Crippen LogP contribution is 2.29. The molecule has 2 unspecified atom stereocenters. The SMILES string of the molecule is CCCC(C)N(C)c1c(F)cccc1C(C)N. The first kappa shape index (κ1) is 14.0. The van der Waals surface area contributed by atoms with Crippen LogP contribution in [0.3, 0.4) is 0 Å². The average Bonchev–Trinajstić information content (AvgIpc) is 2.28. The Morgan fingerprint density at radius 2 is 2.00 bits per heavy atom. The maximum Gasteiger partial charge on any atom is 0.146 e. The molecule has 2 atom stereocenters. The predicted octanol–water partition coefficient (Wildman–Crippen LogP) is 3.47. The maximum atomic E-state index is 14.0. The van der Waals surface area contributed by atoms with Crippen LogP contribution in [0.2, 0.25) is 0 Å². The Bertz CT molecular complexity index is 363. The van der Waals surface area contributed by atoms with E-state index in [1.807, 2.05) is 24.9 Å².